The third-order valence-corrected chi connectivity index (χ3v) is 3.12. The Kier molecular flexibility index (Phi) is 3.62. The van der Waals surface area contributed by atoms with Crippen LogP contribution in [0.4, 0.5) is 5.69 Å². The van der Waals surface area contributed by atoms with Crippen molar-refractivity contribution in [1.82, 2.24) is 9.55 Å². The average Bonchev–Trinajstić information content (AvgIpc) is 2.83. The lowest BCUT2D eigenvalue weighted by Crippen LogP contribution is -2.28. The molecule has 19 heavy (non-hydrogen) atoms. The summed E-state index contributed by atoms with van der Waals surface area (Å²) in [5.41, 5.74) is 7.61. The Balaban J connectivity index is 2.24. The molecule has 5 nitrogen and oxygen atoms in total. The first kappa shape index (κ1) is 13.2. The van der Waals surface area contributed by atoms with Crippen LogP contribution in [-0.2, 0) is 7.05 Å². The Labute approximate surface area is 116 Å². The van der Waals surface area contributed by atoms with Gasteiger partial charge in [-0.05, 0) is 24.3 Å². The summed E-state index contributed by atoms with van der Waals surface area (Å²) in [5.74, 6) is -0.122. The van der Waals surface area contributed by atoms with Crippen LogP contribution in [0.2, 0.25) is 0 Å². The fraction of sp³-hybridized carbons (Fsp3) is 0.154. The lowest BCUT2D eigenvalue weighted by molar-refractivity contribution is 0.0985. The molecule has 98 valence electrons. The van der Waals surface area contributed by atoms with Crippen LogP contribution in [0.15, 0.2) is 36.8 Å². The third kappa shape index (κ3) is 2.63. The van der Waals surface area contributed by atoms with Crippen LogP contribution < -0.4 is 10.6 Å². The molecule has 0 radical (unpaired) electrons. The highest BCUT2D eigenvalue weighted by atomic mass is 32.1. The molecule has 0 fully saturated rings. The Morgan fingerprint density at radius 1 is 1.37 bits per heavy atom. The molecule has 1 amide bonds. The molecule has 0 saturated carbocycles. The zero-order chi connectivity index (χ0) is 14.0. The van der Waals surface area contributed by atoms with Gasteiger partial charge in [0.15, 0.2) is 0 Å². The molecule has 0 saturated heterocycles. The van der Waals surface area contributed by atoms with E-state index in [9.17, 15) is 4.79 Å². The van der Waals surface area contributed by atoms with Gasteiger partial charge in [-0.1, -0.05) is 12.2 Å². The largest absolute Gasteiger partial charge is 0.389 e. The standard InChI is InChI=1S/C13H14N4OS/c1-16-8-15-7-11(16)13(18)17(2)10-5-3-9(4-6-10)12(14)19/h3-8H,1-2H3,(H2,14,19). The number of rotatable bonds is 3. The number of carbonyl (C=O) groups is 1. The van der Waals surface area contributed by atoms with E-state index in [2.05, 4.69) is 4.98 Å². The predicted octanol–water partition coefficient (Wildman–Crippen LogP) is 1.33. The molecule has 2 rings (SSSR count). The summed E-state index contributed by atoms with van der Waals surface area (Å²) in [5, 5.41) is 0. The molecule has 0 atom stereocenters. The number of nitrogens with two attached hydrogens (primary N) is 1. The molecule has 2 N–H and O–H groups in total. The summed E-state index contributed by atoms with van der Waals surface area (Å²) in [7, 11) is 3.50. The van der Waals surface area contributed by atoms with Gasteiger partial charge in [0.05, 0.1) is 12.5 Å². The molecule has 2 aromatic rings. The van der Waals surface area contributed by atoms with E-state index in [1.807, 2.05) is 12.1 Å². The first-order chi connectivity index (χ1) is 9.00. The number of aryl methyl sites for hydroxylation is 1. The number of hydrogen-bond donors (Lipinski definition) is 1. The third-order valence-electron chi connectivity index (χ3n) is 2.88. The smallest absolute Gasteiger partial charge is 0.276 e. The van der Waals surface area contributed by atoms with Crippen molar-refractivity contribution in [3.05, 3.63) is 48.0 Å². The molecule has 1 aromatic heterocycles. The van der Waals surface area contributed by atoms with Crippen molar-refractivity contribution >= 4 is 28.8 Å². The highest BCUT2D eigenvalue weighted by molar-refractivity contribution is 7.80. The number of aromatic nitrogens is 2. The van der Waals surface area contributed by atoms with Gasteiger partial charge < -0.3 is 15.2 Å². The molecule has 0 aliphatic carbocycles. The summed E-state index contributed by atoms with van der Waals surface area (Å²) in [4.78, 5) is 18.1. The molecular weight excluding hydrogens is 260 g/mol. The van der Waals surface area contributed by atoms with Crippen molar-refractivity contribution in [3.8, 4) is 0 Å². The zero-order valence-corrected chi connectivity index (χ0v) is 11.5. The molecule has 0 aliphatic heterocycles. The molecule has 1 heterocycles. The van der Waals surface area contributed by atoms with Crippen LogP contribution in [0.25, 0.3) is 0 Å². The van der Waals surface area contributed by atoms with E-state index in [0.29, 0.717) is 10.7 Å². The fourth-order valence-electron chi connectivity index (χ4n) is 1.70. The van der Waals surface area contributed by atoms with Gasteiger partial charge in [0, 0.05) is 25.3 Å². The van der Waals surface area contributed by atoms with Crippen LogP contribution >= 0.6 is 12.2 Å². The summed E-state index contributed by atoms with van der Waals surface area (Å²) in [6.45, 7) is 0. The van der Waals surface area contributed by atoms with Crippen molar-refractivity contribution in [2.75, 3.05) is 11.9 Å². The minimum absolute atomic E-state index is 0.122. The van der Waals surface area contributed by atoms with Crippen LogP contribution in [-0.4, -0.2) is 27.5 Å². The summed E-state index contributed by atoms with van der Waals surface area (Å²) < 4.78 is 1.68. The normalized spacial score (nSPS) is 10.2. The fourth-order valence-corrected chi connectivity index (χ4v) is 1.84. The van der Waals surface area contributed by atoms with Gasteiger partial charge in [-0.3, -0.25) is 4.79 Å². The highest BCUT2D eigenvalue weighted by Gasteiger charge is 2.16. The minimum Gasteiger partial charge on any atom is -0.389 e. The molecule has 0 unspecified atom stereocenters. The highest BCUT2D eigenvalue weighted by Crippen LogP contribution is 2.16. The summed E-state index contributed by atoms with van der Waals surface area (Å²) in [6, 6.07) is 7.21. The van der Waals surface area contributed by atoms with Gasteiger partial charge in [0.25, 0.3) is 5.91 Å². The monoisotopic (exact) mass is 274 g/mol. The van der Waals surface area contributed by atoms with Crippen LogP contribution in [0.5, 0.6) is 0 Å². The first-order valence-electron chi connectivity index (χ1n) is 5.65. The number of amides is 1. The molecular formula is C13H14N4OS. The number of anilines is 1. The second-order valence-corrected chi connectivity index (χ2v) is 4.60. The van der Waals surface area contributed by atoms with Crippen molar-refractivity contribution < 1.29 is 4.79 Å². The Morgan fingerprint density at radius 3 is 2.47 bits per heavy atom. The number of carbonyl (C=O) groups excluding carboxylic acids is 1. The van der Waals surface area contributed by atoms with Crippen LogP contribution in [0.1, 0.15) is 16.1 Å². The van der Waals surface area contributed by atoms with Gasteiger partial charge in [0.2, 0.25) is 0 Å². The zero-order valence-electron chi connectivity index (χ0n) is 10.7. The maximum atomic E-state index is 12.3. The van der Waals surface area contributed by atoms with E-state index in [1.165, 1.54) is 0 Å². The van der Waals surface area contributed by atoms with Crippen LogP contribution in [0.3, 0.4) is 0 Å². The second-order valence-electron chi connectivity index (χ2n) is 4.17. The van der Waals surface area contributed by atoms with E-state index in [4.69, 9.17) is 18.0 Å². The summed E-state index contributed by atoms with van der Waals surface area (Å²) >= 11 is 4.89. The molecule has 1 aromatic carbocycles. The molecule has 0 spiro atoms. The number of hydrogen-bond acceptors (Lipinski definition) is 3. The molecule has 0 bridgehead atoms. The van der Waals surface area contributed by atoms with Crippen molar-refractivity contribution in [2.24, 2.45) is 12.8 Å². The minimum atomic E-state index is -0.122. The Bertz CT molecular complexity index is 618. The van der Waals surface area contributed by atoms with E-state index in [0.717, 1.165) is 11.3 Å². The van der Waals surface area contributed by atoms with E-state index in [-0.39, 0.29) is 5.91 Å². The summed E-state index contributed by atoms with van der Waals surface area (Å²) in [6.07, 6.45) is 3.14. The lowest BCUT2D eigenvalue weighted by Gasteiger charge is -2.17. The molecule has 6 heteroatoms. The second kappa shape index (κ2) is 5.19. The van der Waals surface area contributed by atoms with Crippen molar-refractivity contribution in [1.29, 1.82) is 0 Å². The topological polar surface area (TPSA) is 64.2 Å². The maximum absolute atomic E-state index is 12.3. The Morgan fingerprint density at radius 2 is 2.00 bits per heavy atom. The van der Waals surface area contributed by atoms with Gasteiger partial charge in [-0.25, -0.2) is 4.98 Å². The lowest BCUT2D eigenvalue weighted by atomic mass is 10.2. The van der Waals surface area contributed by atoms with Gasteiger partial charge in [-0.2, -0.15) is 0 Å². The Hall–Kier alpha value is -2.21. The van der Waals surface area contributed by atoms with E-state index >= 15 is 0 Å². The van der Waals surface area contributed by atoms with Crippen molar-refractivity contribution in [2.45, 2.75) is 0 Å². The van der Waals surface area contributed by atoms with Crippen molar-refractivity contribution in [3.63, 3.8) is 0 Å². The van der Waals surface area contributed by atoms with Gasteiger partial charge in [-0.15, -0.1) is 0 Å². The number of imidazole rings is 1. The van der Waals surface area contributed by atoms with E-state index < -0.39 is 0 Å². The number of thiocarbonyl (C=S) groups is 1. The average molecular weight is 274 g/mol. The number of benzene rings is 1. The van der Waals surface area contributed by atoms with Gasteiger partial charge in [0.1, 0.15) is 10.7 Å². The molecule has 0 aliphatic rings. The van der Waals surface area contributed by atoms with Gasteiger partial charge >= 0.3 is 0 Å². The SMILES string of the molecule is CN(C(=O)c1cncn1C)c1ccc(C(N)=S)cc1. The van der Waals surface area contributed by atoms with E-state index in [1.54, 1.807) is 48.2 Å². The first-order valence-corrected chi connectivity index (χ1v) is 6.06. The quantitative estimate of drug-likeness (QED) is 0.858. The number of nitrogens with zero attached hydrogens (tertiary/aromatic N) is 3. The van der Waals surface area contributed by atoms with Crippen LogP contribution in [0, 0.1) is 0 Å². The maximum Gasteiger partial charge on any atom is 0.276 e. The predicted molar refractivity (Wildman–Crippen MR) is 78.3 cm³/mol.